The van der Waals surface area contributed by atoms with Gasteiger partial charge in [0.05, 0.1) is 0 Å². The molecule has 33 heavy (non-hydrogen) atoms. The third-order valence-corrected chi connectivity index (χ3v) is 6.94. The van der Waals surface area contributed by atoms with Gasteiger partial charge < -0.3 is 10.2 Å². The third-order valence-electron chi connectivity index (χ3n) is 6.94. The molecule has 1 saturated heterocycles. The van der Waals surface area contributed by atoms with Gasteiger partial charge in [-0.05, 0) is 63.0 Å². The fourth-order valence-corrected chi connectivity index (χ4v) is 5.02. The molecular weight excluding hydrogens is 418 g/mol. The maximum Gasteiger partial charge on any atom is 0.332 e. The Morgan fingerprint density at radius 2 is 1.70 bits per heavy atom. The molecule has 5 rings (SSSR count). The zero-order chi connectivity index (χ0) is 22.8. The van der Waals surface area contributed by atoms with Crippen molar-refractivity contribution >= 4 is 16.9 Å². The molecule has 1 aliphatic carbocycles. The number of nitrogens with zero attached hydrogens (tertiary/aromatic N) is 6. The minimum atomic E-state index is -0.434. The average molecular weight is 450 g/mol. The van der Waals surface area contributed by atoms with Crippen LogP contribution in [0.3, 0.4) is 0 Å². The number of anilines is 1. The number of aromatic nitrogens is 5. The van der Waals surface area contributed by atoms with E-state index in [0.29, 0.717) is 5.82 Å². The lowest BCUT2D eigenvalue weighted by Crippen LogP contribution is -2.40. The van der Waals surface area contributed by atoms with Crippen molar-refractivity contribution in [3.8, 4) is 11.4 Å². The number of benzene rings is 1. The van der Waals surface area contributed by atoms with Crippen LogP contribution >= 0.6 is 0 Å². The van der Waals surface area contributed by atoms with Crippen molar-refractivity contribution in [2.24, 2.45) is 7.05 Å². The fraction of sp³-hybridized carbons (Fsp3) is 0.542. The summed E-state index contributed by atoms with van der Waals surface area (Å²) in [5.41, 5.74) is 1.52. The van der Waals surface area contributed by atoms with Crippen molar-refractivity contribution in [2.45, 2.75) is 51.0 Å². The van der Waals surface area contributed by atoms with Crippen molar-refractivity contribution in [1.29, 1.82) is 0 Å². The Morgan fingerprint density at radius 1 is 0.970 bits per heavy atom. The van der Waals surface area contributed by atoms with Crippen LogP contribution in [0, 0.1) is 0 Å². The second-order valence-corrected chi connectivity index (χ2v) is 9.17. The van der Waals surface area contributed by atoms with Gasteiger partial charge in [0, 0.05) is 37.4 Å². The van der Waals surface area contributed by atoms with Crippen LogP contribution in [-0.4, -0.2) is 55.4 Å². The van der Waals surface area contributed by atoms with Gasteiger partial charge in [-0.2, -0.15) is 0 Å². The van der Waals surface area contributed by atoms with Gasteiger partial charge in [-0.15, -0.1) is 10.2 Å². The first-order chi connectivity index (χ1) is 16.1. The van der Waals surface area contributed by atoms with Crippen molar-refractivity contribution in [1.82, 2.24) is 29.2 Å². The maximum absolute atomic E-state index is 12.8. The molecule has 0 radical (unpaired) electrons. The molecule has 2 fully saturated rings. The van der Waals surface area contributed by atoms with Crippen molar-refractivity contribution < 1.29 is 0 Å². The first-order valence-electron chi connectivity index (χ1n) is 12.0. The number of hydrogen-bond acceptors (Lipinski definition) is 7. The SMILES string of the molecule is Cn1c(=O)c2nc(-c3ccc(NCCN4CCCCC4)cc3)nnc2n(C2CCCC2)c1=O. The second-order valence-electron chi connectivity index (χ2n) is 9.17. The molecular formula is C24H31N7O2. The number of likely N-dealkylation sites (tertiary alicyclic amines) is 1. The molecule has 3 heterocycles. The highest BCUT2D eigenvalue weighted by atomic mass is 16.2. The van der Waals surface area contributed by atoms with Gasteiger partial charge in [-0.25, -0.2) is 9.78 Å². The lowest BCUT2D eigenvalue weighted by molar-refractivity contribution is 0.237. The van der Waals surface area contributed by atoms with Gasteiger partial charge in [0.25, 0.3) is 5.56 Å². The number of fused-ring (bicyclic) bond motifs is 1. The zero-order valence-electron chi connectivity index (χ0n) is 19.2. The summed E-state index contributed by atoms with van der Waals surface area (Å²) in [6.07, 6.45) is 7.90. The maximum atomic E-state index is 12.8. The largest absolute Gasteiger partial charge is 0.384 e. The van der Waals surface area contributed by atoms with E-state index < -0.39 is 5.56 Å². The van der Waals surface area contributed by atoms with Crippen LogP contribution in [0.4, 0.5) is 5.69 Å². The molecule has 0 bridgehead atoms. The van der Waals surface area contributed by atoms with E-state index >= 15 is 0 Å². The standard InChI is InChI=1S/C24H31N7O2/c1-29-23(32)20-22(31(24(29)33)19-7-3-4-8-19)28-27-21(26-20)17-9-11-18(12-10-17)25-13-16-30-14-5-2-6-15-30/h9-12,19,25H,2-8,13-16H2,1H3. The first-order valence-corrected chi connectivity index (χ1v) is 12.0. The average Bonchev–Trinajstić information content (AvgIpc) is 3.38. The van der Waals surface area contributed by atoms with Crippen molar-refractivity contribution in [3.63, 3.8) is 0 Å². The van der Waals surface area contributed by atoms with E-state index in [4.69, 9.17) is 0 Å². The monoisotopic (exact) mass is 449 g/mol. The predicted molar refractivity (Wildman–Crippen MR) is 129 cm³/mol. The Bertz CT molecular complexity index is 1240. The van der Waals surface area contributed by atoms with Crippen LogP contribution in [0.1, 0.15) is 51.0 Å². The third kappa shape index (κ3) is 4.42. The van der Waals surface area contributed by atoms with E-state index in [1.165, 1.54) is 39.4 Å². The van der Waals surface area contributed by atoms with Crippen LogP contribution in [0.5, 0.6) is 0 Å². The Morgan fingerprint density at radius 3 is 2.42 bits per heavy atom. The minimum absolute atomic E-state index is 0.0454. The van der Waals surface area contributed by atoms with Crippen LogP contribution in [0.15, 0.2) is 33.9 Å². The summed E-state index contributed by atoms with van der Waals surface area (Å²) in [4.78, 5) is 32.6. The summed E-state index contributed by atoms with van der Waals surface area (Å²) < 4.78 is 2.75. The van der Waals surface area contributed by atoms with Gasteiger partial charge in [0.2, 0.25) is 0 Å². The van der Waals surface area contributed by atoms with Crippen LogP contribution < -0.4 is 16.6 Å². The van der Waals surface area contributed by atoms with Gasteiger partial charge in [-0.1, -0.05) is 19.3 Å². The topological polar surface area (TPSA) is 97.9 Å². The zero-order valence-corrected chi connectivity index (χ0v) is 19.2. The number of nitrogens with one attached hydrogen (secondary N) is 1. The molecule has 1 aromatic carbocycles. The molecule has 9 nitrogen and oxygen atoms in total. The van der Waals surface area contributed by atoms with Gasteiger partial charge >= 0.3 is 5.69 Å². The van der Waals surface area contributed by atoms with E-state index in [1.54, 1.807) is 4.57 Å². The Kier molecular flexibility index (Phi) is 6.22. The van der Waals surface area contributed by atoms with Crippen molar-refractivity contribution in [2.75, 3.05) is 31.5 Å². The molecule has 9 heteroatoms. The molecule has 2 aliphatic rings. The molecule has 0 amide bonds. The Labute approximate surface area is 192 Å². The molecule has 1 N–H and O–H groups in total. The molecule has 3 aromatic rings. The Balaban J connectivity index is 1.37. The quantitative estimate of drug-likeness (QED) is 0.618. The molecule has 1 aliphatic heterocycles. The highest BCUT2D eigenvalue weighted by Crippen LogP contribution is 2.29. The summed E-state index contributed by atoms with van der Waals surface area (Å²) >= 11 is 0. The minimum Gasteiger partial charge on any atom is -0.384 e. The van der Waals surface area contributed by atoms with E-state index in [9.17, 15) is 9.59 Å². The van der Waals surface area contributed by atoms with Gasteiger partial charge in [0.1, 0.15) is 0 Å². The number of hydrogen-bond donors (Lipinski definition) is 1. The summed E-state index contributed by atoms with van der Waals surface area (Å²) in [5.74, 6) is 0.385. The van der Waals surface area contributed by atoms with E-state index in [1.807, 2.05) is 24.3 Å². The highest BCUT2D eigenvalue weighted by molar-refractivity contribution is 5.71. The summed E-state index contributed by atoms with van der Waals surface area (Å²) in [6, 6.07) is 7.91. The molecule has 0 atom stereocenters. The Hall–Kier alpha value is -3.07. The summed E-state index contributed by atoms with van der Waals surface area (Å²) in [5, 5.41) is 12.1. The highest BCUT2D eigenvalue weighted by Gasteiger charge is 2.24. The lowest BCUT2D eigenvalue weighted by Gasteiger charge is -2.26. The van der Waals surface area contributed by atoms with Crippen molar-refractivity contribution in [3.05, 3.63) is 45.1 Å². The molecule has 2 aromatic heterocycles. The summed E-state index contributed by atoms with van der Waals surface area (Å²) in [6.45, 7) is 4.34. The van der Waals surface area contributed by atoms with Crippen LogP contribution in [0.25, 0.3) is 22.6 Å². The molecule has 174 valence electrons. The van der Waals surface area contributed by atoms with Crippen LogP contribution in [0.2, 0.25) is 0 Å². The van der Waals surface area contributed by atoms with Gasteiger partial charge in [0.15, 0.2) is 17.0 Å². The molecule has 0 spiro atoms. The molecule has 1 saturated carbocycles. The first kappa shape index (κ1) is 21.8. The van der Waals surface area contributed by atoms with E-state index in [0.717, 1.165) is 54.6 Å². The van der Waals surface area contributed by atoms with E-state index in [2.05, 4.69) is 25.4 Å². The van der Waals surface area contributed by atoms with Gasteiger partial charge in [-0.3, -0.25) is 13.9 Å². The normalized spacial score (nSPS) is 17.6. The van der Waals surface area contributed by atoms with Crippen LogP contribution in [-0.2, 0) is 7.05 Å². The number of piperidine rings is 1. The molecule has 0 unspecified atom stereocenters. The van der Waals surface area contributed by atoms with E-state index in [-0.39, 0.29) is 22.9 Å². The number of rotatable bonds is 6. The second kappa shape index (κ2) is 9.43. The smallest absolute Gasteiger partial charge is 0.332 e. The summed E-state index contributed by atoms with van der Waals surface area (Å²) in [7, 11) is 1.50. The lowest BCUT2D eigenvalue weighted by atomic mass is 10.1. The predicted octanol–water partition coefficient (Wildman–Crippen LogP) is 2.57. The fourth-order valence-electron chi connectivity index (χ4n) is 5.02.